The van der Waals surface area contributed by atoms with Gasteiger partial charge in [0.1, 0.15) is 5.70 Å². The lowest BCUT2D eigenvalue weighted by atomic mass is 10.2. The Hall–Kier alpha value is -2.84. The lowest BCUT2D eigenvalue weighted by Crippen LogP contribution is -2.15. The molecule has 0 atom stereocenters. The molecule has 1 aromatic rings. The van der Waals surface area contributed by atoms with Crippen LogP contribution in [-0.2, 0) is 19.1 Å². The number of alkyl halides is 2. The maximum Gasteiger partial charge on any atom is 0.387 e. The molecular formula is C14H15F2NO6. The van der Waals surface area contributed by atoms with Gasteiger partial charge in [-0.25, -0.2) is 9.59 Å². The zero-order chi connectivity index (χ0) is 17.4. The molecule has 0 unspecified atom stereocenters. The number of hydrogen-bond donors (Lipinski definition) is 1. The number of nitrogens with one attached hydrogen (secondary N) is 1. The van der Waals surface area contributed by atoms with Crippen molar-refractivity contribution in [3.63, 3.8) is 0 Å². The highest BCUT2D eigenvalue weighted by Crippen LogP contribution is 2.31. The van der Waals surface area contributed by atoms with Crippen molar-refractivity contribution >= 4 is 17.6 Å². The van der Waals surface area contributed by atoms with E-state index in [1.807, 2.05) is 0 Å². The van der Waals surface area contributed by atoms with Gasteiger partial charge in [0, 0.05) is 11.8 Å². The predicted octanol–water partition coefficient (Wildman–Crippen LogP) is 1.94. The number of halogens is 2. The molecule has 0 spiro atoms. The maximum absolute atomic E-state index is 12.3. The molecule has 0 aliphatic carbocycles. The first-order valence-electron chi connectivity index (χ1n) is 6.19. The second-order valence-corrected chi connectivity index (χ2v) is 3.94. The van der Waals surface area contributed by atoms with Crippen LogP contribution < -0.4 is 14.8 Å². The van der Waals surface area contributed by atoms with Gasteiger partial charge in [0.25, 0.3) is 0 Å². The number of methoxy groups -OCH3 is 3. The van der Waals surface area contributed by atoms with E-state index in [1.54, 1.807) is 0 Å². The lowest BCUT2D eigenvalue weighted by molar-refractivity contribution is -0.138. The minimum atomic E-state index is -3.01. The quantitative estimate of drug-likeness (QED) is 0.604. The Morgan fingerprint density at radius 2 is 1.83 bits per heavy atom. The number of hydrogen-bond acceptors (Lipinski definition) is 7. The highest BCUT2D eigenvalue weighted by atomic mass is 19.3. The Morgan fingerprint density at radius 1 is 1.13 bits per heavy atom. The van der Waals surface area contributed by atoms with Crippen molar-refractivity contribution in [3.8, 4) is 11.5 Å². The first kappa shape index (κ1) is 18.2. The molecule has 0 heterocycles. The normalized spacial score (nSPS) is 11.0. The summed E-state index contributed by atoms with van der Waals surface area (Å²) in [5, 5.41) is 2.61. The standard InChI is InChI=1S/C14H15F2NO6/c1-20-11-6-8(4-5-10(11)23-14(15)16)17-9(13(19)22-3)7-12(18)21-2/h4-7,14,17H,1-3H3/b9-7+. The summed E-state index contributed by atoms with van der Waals surface area (Å²) in [6.45, 7) is -3.01. The minimum absolute atomic E-state index is 0.0117. The van der Waals surface area contributed by atoms with Gasteiger partial charge in [0.05, 0.1) is 27.4 Å². The molecule has 0 saturated carbocycles. The zero-order valence-electron chi connectivity index (χ0n) is 12.6. The molecule has 0 amide bonds. The van der Waals surface area contributed by atoms with Gasteiger partial charge in [-0.1, -0.05) is 0 Å². The lowest BCUT2D eigenvalue weighted by Gasteiger charge is -2.13. The van der Waals surface area contributed by atoms with Gasteiger partial charge < -0.3 is 24.3 Å². The SMILES string of the molecule is COC(=O)/C=C(/Nc1ccc(OC(F)F)c(OC)c1)C(=O)OC. The summed E-state index contributed by atoms with van der Waals surface area (Å²) in [5.41, 5.74) is 0.0768. The summed E-state index contributed by atoms with van der Waals surface area (Å²) in [6, 6.07) is 3.89. The average molecular weight is 331 g/mol. The van der Waals surface area contributed by atoms with Gasteiger partial charge in [-0.05, 0) is 12.1 Å². The van der Waals surface area contributed by atoms with E-state index in [-0.39, 0.29) is 22.9 Å². The van der Waals surface area contributed by atoms with Crippen LogP contribution in [0.5, 0.6) is 11.5 Å². The topological polar surface area (TPSA) is 83.1 Å². The summed E-state index contributed by atoms with van der Waals surface area (Å²) in [6.07, 6.45) is 0.891. The van der Waals surface area contributed by atoms with E-state index in [4.69, 9.17) is 4.74 Å². The summed E-state index contributed by atoms with van der Waals surface area (Å²) >= 11 is 0. The van der Waals surface area contributed by atoms with E-state index in [1.165, 1.54) is 25.3 Å². The second kappa shape index (κ2) is 8.57. The first-order valence-corrected chi connectivity index (χ1v) is 6.19. The predicted molar refractivity (Wildman–Crippen MR) is 75.4 cm³/mol. The molecular weight excluding hydrogens is 316 g/mol. The van der Waals surface area contributed by atoms with Crippen molar-refractivity contribution < 1.29 is 37.3 Å². The van der Waals surface area contributed by atoms with Crippen LogP contribution in [-0.4, -0.2) is 39.9 Å². The fourth-order valence-electron chi connectivity index (χ4n) is 1.53. The van der Waals surface area contributed by atoms with E-state index < -0.39 is 18.6 Å². The van der Waals surface area contributed by atoms with Gasteiger partial charge in [0.15, 0.2) is 11.5 Å². The molecule has 0 fully saturated rings. The molecule has 1 aromatic carbocycles. The number of carbonyl (C=O) groups is 2. The molecule has 7 nitrogen and oxygen atoms in total. The van der Waals surface area contributed by atoms with Crippen molar-refractivity contribution in [2.45, 2.75) is 6.61 Å². The Kier molecular flexibility index (Phi) is 6.78. The van der Waals surface area contributed by atoms with Crippen molar-refractivity contribution in [1.82, 2.24) is 0 Å². The third kappa shape index (κ3) is 5.46. The largest absolute Gasteiger partial charge is 0.493 e. The van der Waals surface area contributed by atoms with E-state index in [2.05, 4.69) is 19.5 Å². The van der Waals surface area contributed by atoms with Crippen LogP contribution >= 0.6 is 0 Å². The van der Waals surface area contributed by atoms with E-state index in [9.17, 15) is 18.4 Å². The highest BCUT2D eigenvalue weighted by molar-refractivity contribution is 5.98. The van der Waals surface area contributed by atoms with E-state index in [0.717, 1.165) is 20.3 Å². The molecule has 126 valence electrons. The summed E-state index contributed by atoms with van der Waals surface area (Å²) in [5.74, 6) is -1.76. The molecule has 23 heavy (non-hydrogen) atoms. The third-order valence-corrected chi connectivity index (χ3v) is 2.53. The first-order chi connectivity index (χ1) is 10.9. The molecule has 1 rings (SSSR count). The second-order valence-electron chi connectivity index (χ2n) is 3.94. The third-order valence-electron chi connectivity index (χ3n) is 2.53. The summed E-state index contributed by atoms with van der Waals surface area (Å²) < 4.78 is 42.7. The van der Waals surface area contributed by atoms with Crippen LogP contribution in [0.4, 0.5) is 14.5 Å². The van der Waals surface area contributed by atoms with Crippen LogP contribution in [0.25, 0.3) is 0 Å². The summed E-state index contributed by atoms with van der Waals surface area (Å²) in [7, 11) is 3.55. The Bertz CT molecular complexity index is 603. The number of carbonyl (C=O) groups excluding carboxylic acids is 2. The van der Waals surface area contributed by atoms with Gasteiger partial charge in [-0.2, -0.15) is 8.78 Å². The Labute approximate surface area is 130 Å². The van der Waals surface area contributed by atoms with Crippen LogP contribution in [0, 0.1) is 0 Å². The maximum atomic E-state index is 12.3. The highest BCUT2D eigenvalue weighted by Gasteiger charge is 2.15. The van der Waals surface area contributed by atoms with Crippen LogP contribution in [0.3, 0.4) is 0 Å². The molecule has 9 heteroatoms. The molecule has 0 aliphatic rings. The van der Waals surface area contributed by atoms with Crippen molar-refractivity contribution in [3.05, 3.63) is 30.0 Å². The zero-order valence-corrected chi connectivity index (χ0v) is 12.6. The smallest absolute Gasteiger partial charge is 0.387 e. The minimum Gasteiger partial charge on any atom is -0.493 e. The van der Waals surface area contributed by atoms with Gasteiger partial charge >= 0.3 is 18.6 Å². The van der Waals surface area contributed by atoms with E-state index in [0.29, 0.717) is 0 Å². The number of rotatable bonds is 7. The van der Waals surface area contributed by atoms with Crippen molar-refractivity contribution in [1.29, 1.82) is 0 Å². The number of esters is 2. The molecule has 0 aromatic heterocycles. The number of ether oxygens (including phenoxy) is 4. The van der Waals surface area contributed by atoms with Gasteiger partial charge in [0.2, 0.25) is 0 Å². The van der Waals surface area contributed by atoms with Crippen LogP contribution in [0.2, 0.25) is 0 Å². The summed E-state index contributed by atoms with van der Waals surface area (Å²) in [4.78, 5) is 22.9. The van der Waals surface area contributed by atoms with Crippen LogP contribution in [0.15, 0.2) is 30.0 Å². The van der Waals surface area contributed by atoms with Gasteiger partial charge in [-0.15, -0.1) is 0 Å². The fraction of sp³-hybridized carbons (Fsp3) is 0.286. The van der Waals surface area contributed by atoms with Crippen molar-refractivity contribution in [2.24, 2.45) is 0 Å². The fourth-order valence-corrected chi connectivity index (χ4v) is 1.53. The Morgan fingerprint density at radius 3 is 2.35 bits per heavy atom. The number of anilines is 1. The average Bonchev–Trinajstić information content (AvgIpc) is 2.53. The number of benzene rings is 1. The molecule has 0 saturated heterocycles. The van der Waals surface area contributed by atoms with Crippen molar-refractivity contribution in [2.75, 3.05) is 26.6 Å². The molecule has 1 N–H and O–H groups in total. The monoisotopic (exact) mass is 331 g/mol. The van der Waals surface area contributed by atoms with Gasteiger partial charge in [-0.3, -0.25) is 0 Å². The van der Waals surface area contributed by atoms with Crippen LogP contribution in [0.1, 0.15) is 0 Å². The molecule has 0 aliphatic heterocycles. The Balaban J connectivity index is 3.07. The van der Waals surface area contributed by atoms with E-state index >= 15 is 0 Å². The molecule has 0 bridgehead atoms. The molecule has 0 radical (unpaired) electrons.